The van der Waals surface area contributed by atoms with E-state index < -0.39 is 12.0 Å². The molecule has 0 saturated heterocycles. The summed E-state index contributed by atoms with van der Waals surface area (Å²) in [6.45, 7) is 1.93. The predicted octanol–water partition coefficient (Wildman–Crippen LogP) is 0.392. The zero-order valence-electron chi connectivity index (χ0n) is 8.58. The van der Waals surface area contributed by atoms with Gasteiger partial charge in [0.2, 0.25) is 5.91 Å². The number of hydrogen-bond donors (Lipinski definition) is 2. The van der Waals surface area contributed by atoms with E-state index in [1.54, 1.807) is 7.11 Å². The summed E-state index contributed by atoms with van der Waals surface area (Å²) in [4.78, 5) is 21.3. The van der Waals surface area contributed by atoms with Crippen LogP contribution in [-0.4, -0.2) is 36.7 Å². The maximum Gasteiger partial charge on any atom is 0.326 e. The van der Waals surface area contributed by atoms with Crippen molar-refractivity contribution >= 4 is 11.9 Å². The number of amides is 1. The molecule has 0 radical (unpaired) electrons. The summed E-state index contributed by atoms with van der Waals surface area (Å²) in [6.07, 6.45) is 1.98. The van der Waals surface area contributed by atoms with Crippen LogP contribution >= 0.6 is 0 Å². The first kappa shape index (κ1) is 12.9. The van der Waals surface area contributed by atoms with Crippen LogP contribution in [0.2, 0.25) is 0 Å². The van der Waals surface area contributed by atoms with Gasteiger partial charge in [-0.3, -0.25) is 4.79 Å². The van der Waals surface area contributed by atoms with Crippen LogP contribution in [0.15, 0.2) is 0 Å². The van der Waals surface area contributed by atoms with Crippen molar-refractivity contribution < 1.29 is 19.4 Å². The number of nitrogens with one attached hydrogen (secondary N) is 1. The topological polar surface area (TPSA) is 75.6 Å². The monoisotopic (exact) mass is 203 g/mol. The molecule has 0 aliphatic rings. The zero-order valence-corrected chi connectivity index (χ0v) is 8.58. The first-order chi connectivity index (χ1) is 6.57. The van der Waals surface area contributed by atoms with Crippen LogP contribution in [0.4, 0.5) is 0 Å². The van der Waals surface area contributed by atoms with E-state index in [1.165, 1.54) is 6.92 Å². The lowest BCUT2D eigenvalue weighted by atomic mass is 10.1. The van der Waals surface area contributed by atoms with Crippen molar-refractivity contribution in [3.63, 3.8) is 0 Å². The van der Waals surface area contributed by atoms with E-state index in [0.29, 0.717) is 13.0 Å². The third kappa shape index (κ3) is 6.42. The summed E-state index contributed by atoms with van der Waals surface area (Å²) in [5.41, 5.74) is 0. The number of carbonyl (C=O) groups excluding carboxylic acids is 1. The highest BCUT2D eigenvalue weighted by atomic mass is 16.5. The van der Waals surface area contributed by atoms with Gasteiger partial charge in [0.05, 0.1) is 0 Å². The molecule has 0 fully saturated rings. The molecule has 2 N–H and O–H groups in total. The van der Waals surface area contributed by atoms with E-state index >= 15 is 0 Å². The van der Waals surface area contributed by atoms with Crippen LogP contribution < -0.4 is 5.32 Å². The van der Waals surface area contributed by atoms with E-state index in [0.717, 1.165) is 12.8 Å². The molecule has 14 heavy (non-hydrogen) atoms. The van der Waals surface area contributed by atoms with Crippen LogP contribution in [0.25, 0.3) is 0 Å². The maximum atomic E-state index is 10.7. The van der Waals surface area contributed by atoms with Gasteiger partial charge in [-0.25, -0.2) is 4.79 Å². The highest BCUT2D eigenvalue weighted by molar-refractivity contribution is 5.81. The van der Waals surface area contributed by atoms with Gasteiger partial charge in [0, 0.05) is 20.6 Å². The van der Waals surface area contributed by atoms with Crippen molar-refractivity contribution in [3.8, 4) is 0 Å². The Bertz CT molecular complexity index is 193. The van der Waals surface area contributed by atoms with Crippen molar-refractivity contribution in [2.75, 3.05) is 13.7 Å². The van der Waals surface area contributed by atoms with Crippen molar-refractivity contribution in [3.05, 3.63) is 0 Å². The van der Waals surface area contributed by atoms with E-state index in [1.807, 2.05) is 0 Å². The predicted molar refractivity (Wildman–Crippen MR) is 51.0 cm³/mol. The van der Waals surface area contributed by atoms with Gasteiger partial charge in [0.1, 0.15) is 6.04 Å². The van der Waals surface area contributed by atoms with Crippen LogP contribution in [0.5, 0.6) is 0 Å². The molecule has 5 heteroatoms. The molecule has 82 valence electrons. The quantitative estimate of drug-likeness (QED) is 0.587. The zero-order chi connectivity index (χ0) is 11.0. The van der Waals surface area contributed by atoms with Gasteiger partial charge in [-0.15, -0.1) is 0 Å². The highest BCUT2D eigenvalue weighted by Crippen LogP contribution is 2.01. The van der Waals surface area contributed by atoms with E-state index in [9.17, 15) is 9.59 Å². The van der Waals surface area contributed by atoms with Gasteiger partial charge in [-0.2, -0.15) is 0 Å². The third-order valence-electron chi connectivity index (χ3n) is 1.77. The summed E-state index contributed by atoms with van der Waals surface area (Å²) in [5.74, 6) is -1.30. The molecule has 0 aromatic carbocycles. The lowest BCUT2D eigenvalue weighted by Crippen LogP contribution is -2.39. The number of methoxy groups -OCH3 is 1. The normalized spacial score (nSPS) is 12.1. The fraction of sp³-hybridized carbons (Fsp3) is 0.778. The lowest BCUT2D eigenvalue weighted by molar-refractivity contribution is -0.141. The largest absolute Gasteiger partial charge is 0.480 e. The smallest absolute Gasteiger partial charge is 0.326 e. The SMILES string of the molecule is COCCCCC(NC(C)=O)C(=O)O. The first-order valence-corrected chi connectivity index (χ1v) is 4.56. The molecule has 0 heterocycles. The molecule has 0 rings (SSSR count). The number of carbonyl (C=O) groups is 2. The Balaban J connectivity index is 3.74. The first-order valence-electron chi connectivity index (χ1n) is 4.56. The average Bonchev–Trinajstić information content (AvgIpc) is 2.09. The molecular formula is C9H17NO4. The Morgan fingerprint density at radius 1 is 1.43 bits per heavy atom. The second-order valence-electron chi connectivity index (χ2n) is 3.08. The standard InChI is InChI=1S/C9H17NO4/c1-7(11)10-8(9(12)13)5-3-4-6-14-2/h8H,3-6H2,1-2H3,(H,10,11)(H,12,13). The van der Waals surface area contributed by atoms with Crippen molar-refractivity contribution in [2.45, 2.75) is 32.2 Å². The van der Waals surface area contributed by atoms with E-state index in [4.69, 9.17) is 9.84 Å². The van der Waals surface area contributed by atoms with E-state index in [2.05, 4.69) is 5.32 Å². The van der Waals surface area contributed by atoms with Crippen molar-refractivity contribution in [1.82, 2.24) is 5.32 Å². The van der Waals surface area contributed by atoms with Crippen LogP contribution in [-0.2, 0) is 14.3 Å². The van der Waals surface area contributed by atoms with Gasteiger partial charge in [-0.05, 0) is 19.3 Å². The number of rotatable bonds is 7. The molecule has 0 aromatic heterocycles. The molecular weight excluding hydrogens is 186 g/mol. The number of hydrogen-bond acceptors (Lipinski definition) is 3. The molecule has 5 nitrogen and oxygen atoms in total. The van der Waals surface area contributed by atoms with Crippen LogP contribution in [0.1, 0.15) is 26.2 Å². The van der Waals surface area contributed by atoms with Crippen molar-refractivity contribution in [1.29, 1.82) is 0 Å². The molecule has 0 spiro atoms. The third-order valence-corrected chi connectivity index (χ3v) is 1.77. The molecule has 1 unspecified atom stereocenters. The van der Waals surface area contributed by atoms with Gasteiger partial charge < -0.3 is 15.2 Å². The Morgan fingerprint density at radius 3 is 2.50 bits per heavy atom. The van der Waals surface area contributed by atoms with Gasteiger partial charge in [-0.1, -0.05) is 0 Å². The minimum atomic E-state index is -0.988. The average molecular weight is 203 g/mol. The van der Waals surface area contributed by atoms with Crippen molar-refractivity contribution in [2.24, 2.45) is 0 Å². The van der Waals surface area contributed by atoms with Crippen LogP contribution in [0.3, 0.4) is 0 Å². The molecule has 0 aliphatic heterocycles. The van der Waals surface area contributed by atoms with E-state index in [-0.39, 0.29) is 5.91 Å². The second kappa shape index (κ2) is 7.32. The van der Waals surface area contributed by atoms with Gasteiger partial charge in [0.15, 0.2) is 0 Å². The highest BCUT2D eigenvalue weighted by Gasteiger charge is 2.17. The molecule has 0 saturated carbocycles. The molecule has 0 bridgehead atoms. The lowest BCUT2D eigenvalue weighted by Gasteiger charge is -2.12. The Hall–Kier alpha value is -1.10. The Labute approximate surface area is 83.4 Å². The summed E-state index contributed by atoms with van der Waals surface area (Å²) < 4.78 is 4.83. The number of aliphatic carboxylic acids is 1. The summed E-state index contributed by atoms with van der Waals surface area (Å²) in [5, 5.41) is 11.1. The number of ether oxygens (including phenoxy) is 1. The van der Waals surface area contributed by atoms with Crippen LogP contribution in [0, 0.1) is 0 Å². The maximum absolute atomic E-state index is 10.7. The minimum absolute atomic E-state index is 0.316. The Morgan fingerprint density at radius 2 is 2.07 bits per heavy atom. The van der Waals surface area contributed by atoms with Gasteiger partial charge in [0.25, 0.3) is 0 Å². The number of carboxylic acid groups (broad SMARTS) is 1. The number of unbranched alkanes of at least 4 members (excludes halogenated alkanes) is 1. The molecule has 1 atom stereocenters. The summed E-state index contributed by atoms with van der Waals surface area (Å²) in [7, 11) is 1.60. The number of carboxylic acids is 1. The molecule has 1 amide bonds. The molecule has 0 aliphatic carbocycles. The summed E-state index contributed by atoms with van der Waals surface area (Å²) in [6, 6.07) is -0.774. The minimum Gasteiger partial charge on any atom is -0.480 e. The van der Waals surface area contributed by atoms with Gasteiger partial charge >= 0.3 is 5.97 Å². The fourth-order valence-electron chi connectivity index (χ4n) is 1.10. The Kier molecular flexibility index (Phi) is 6.74. The second-order valence-corrected chi connectivity index (χ2v) is 3.08. The summed E-state index contributed by atoms with van der Waals surface area (Å²) >= 11 is 0. The molecule has 0 aromatic rings. The fourth-order valence-corrected chi connectivity index (χ4v) is 1.10.